The molecule has 4 N–H and O–H groups in total. The van der Waals surface area contributed by atoms with E-state index in [1.165, 1.54) is 116 Å². The molecular formula is C46H86NO11P. The third-order valence-electron chi connectivity index (χ3n) is 10.9. The van der Waals surface area contributed by atoms with E-state index in [2.05, 4.69) is 30.5 Å². The van der Waals surface area contributed by atoms with Crippen LogP contribution in [0.4, 0.5) is 0 Å². The number of carboxylic acids is 1. The maximum atomic E-state index is 12.7. The lowest BCUT2D eigenvalue weighted by Crippen LogP contribution is -2.34. The molecule has 3 unspecified atom stereocenters. The maximum absolute atomic E-state index is 12.7. The molecule has 59 heavy (non-hydrogen) atoms. The minimum atomic E-state index is -4.72. The Morgan fingerprint density at radius 1 is 0.610 bits per heavy atom. The van der Waals surface area contributed by atoms with Crippen molar-refractivity contribution >= 4 is 25.7 Å². The number of epoxide rings is 1. The van der Waals surface area contributed by atoms with Gasteiger partial charge < -0.3 is 29.9 Å². The molecule has 0 spiro atoms. The van der Waals surface area contributed by atoms with Crippen molar-refractivity contribution in [2.75, 3.05) is 19.8 Å². The Bertz CT molecular complexity index is 1120. The number of phosphoric acid groups is 1. The molecule has 0 aromatic carbocycles. The number of nitrogens with two attached hydrogens (primary N) is 1. The number of ether oxygens (including phenoxy) is 3. The zero-order valence-electron chi connectivity index (χ0n) is 37.3. The second-order valence-corrected chi connectivity index (χ2v) is 18.1. The van der Waals surface area contributed by atoms with Gasteiger partial charge in [0.1, 0.15) is 12.6 Å². The summed E-state index contributed by atoms with van der Waals surface area (Å²) in [4.78, 5) is 46.1. The van der Waals surface area contributed by atoms with Crippen molar-refractivity contribution in [1.82, 2.24) is 0 Å². The van der Waals surface area contributed by atoms with Crippen molar-refractivity contribution < 1.29 is 52.2 Å². The van der Waals surface area contributed by atoms with Crippen LogP contribution >= 0.6 is 7.82 Å². The Kier molecular flexibility index (Phi) is 35.5. The van der Waals surface area contributed by atoms with Gasteiger partial charge in [-0.3, -0.25) is 23.4 Å². The average molecular weight is 860 g/mol. The summed E-state index contributed by atoms with van der Waals surface area (Å²) in [5.74, 6) is -2.39. The van der Waals surface area contributed by atoms with Gasteiger partial charge in [-0.05, 0) is 38.5 Å². The highest BCUT2D eigenvalue weighted by molar-refractivity contribution is 7.47. The molecule has 1 saturated heterocycles. The minimum absolute atomic E-state index is 0.160. The van der Waals surface area contributed by atoms with Crippen molar-refractivity contribution in [3.63, 3.8) is 0 Å². The number of carbonyl (C=O) groups excluding carboxylic acids is 2. The van der Waals surface area contributed by atoms with Gasteiger partial charge in [0.25, 0.3) is 0 Å². The SMILES string of the molecule is CCCCC/C=C\CC1OC1CCCCCCCC(=O)OC[C@H](COP(=O)(O)OC[C@H](N)C(=O)O)OC(=O)CCCCCCCCCCCCCCCCCCCCC. The van der Waals surface area contributed by atoms with Crippen molar-refractivity contribution in [3.05, 3.63) is 12.2 Å². The van der Waals surface area contributed by atoms with Gasteiger partial charge in [0.2, 0.25) is 0 Å². The van der Waals surface area contributed by atoms with Crippen LogP contribution < -0.4 is 5.73 Å². The summed E-state index contributed by atoms with van der Waals surface area (Å²) in [5, 5.41) is 8.91. The summed E-state index contributed by atoms with van der Waals surface area (Å²) in [7, 11) is -4.72. The summed E-state index contributed by atoms with van der Waals surface area (Å²) in [6.45, 7) is 2.78. The molecule has 13 heteroatoms. The van der Waals surface area contributed by atoms with E-state index in [0.717, 1.165) is 64.2 Å². The van der Waals surface area contributed by atoms with Gasteiger partial charge in [-0.25, -0.2) is 4.57 Å². The van der Waals surface area contributed by atoms with Gasteiger partial charge in [-0.1, -0.05) is 180 Å². The predicted octanol–water partition coefficient (Wildman–Crippen LogP) is 11.8. The Labute approximate surface area is 358 Å². The van der Waals surface area contributed by atoms with E-state index in [4.69, 9.17) is 29.6 Å². The third-order valence-corrected chi connectivity index (χ3v) is 11.9. The number of rotatable bonds is 44. The quantitative estimate of drug-likeness (QED) is 0.0173. The zero-order chi connectivity index (χ0) is 43.2. The second kappa shape index (κ2) is 37.9. The van der Waals surface area contributed by atoms with Crippen molar-refractivity contribution in [3.8, 4) is 0 Å². The summed E-state index contributed by atoms with van der Waals surface area (Å²) in [6.07, 6.45) is 40.0. The average Bonchev–Trinajstić information content (AvgIpc) is 3.97. The van der Waals surface area contributed by atoms with E-state index in [1.807, 2.05) is 0 Å². The van der Waals surface area contributed by atoms with Gasteiger partial charge in [-0.2, -0.15) is 0 Å². The molecule has 1 rings (SSSR count). The lowest BCUT2D eigenvalue weighted by atomic mass is 10.0. The molecule has 12 nitrogen and oxygen atoms in total. The van der Waals surface area contributed by atoms with Crippen molar-refractivity contribution in [2.24, 2.45) is 5.73 Å². The molecule has 5 atom stereocenters. The predicted molar refractivity (Wildman–Crippen MR) is 235 cm³/mol. The first-order valence-electron chi connectivity index (χ1n) is 23.8. The highest BCUT2D eigenvalue weighted by Crippen LogP contribution is 2.43. The summed E-state index contributed by atoms with van der Waals surface area (Å²) >= 11 is 0. The van der Waals surface area contributed by atoms with Gasteiger partial charge in [0.15, 0.2) is 6.10 Å². The fourth-order valence-corrected chi connectivity index (χ4v) is 7.85. The fourth-order valence-electron chi connectivity index (χ4n) is 7.07. The highest BCUT2D eigenvalue weighted by Gasteiger charge is 2.36. The Balaban J connectivity index is 2.23. The van der Waals surface area contributed by atoms with Crippen LogP contribution in [0.3, 0.4) is 0 Å². The number of unbranched alkanes of at least 4 members (excludes halogenated alkanes) is 25. The number of carboxylic acid groups (broad SMARTS) is 1. The molecule has 0 aromatic heterocycles. The third kappa shape index (κ3) is 35.5. The van der Waals surface area contributed by atoms with Crippen LogP contribution in [-0.2, 0) is 42.2 Å². The topological polar surface area (TPSA) is 184 Å². The van der Waals surface area contributed by atoms with Gasteiger partial charge in [0.05, 0.1) is 25.4 Å². The monoisotopic (exact) mass is 860 g/mol. The van der Waals surface area contributed by atoms with E-state index < -0.39 is 51.1 Å². The van der Waals surface area contributed by atoms with Crippen LogP contribution in [-0.4, -0.2) is 72.1 Å². The van der Waals surface area contributed by atoms with Crippen LogP contribution in [0.15, 0.2) is 12.2 Å². The van der Waals surface area contributed by atoms with Gasteiger partial charge in [-0.15, -0.1) is 0 Å². The van der Waals surface area contributed by atoms with E-state index in [9.17, 15) is 23.8 Å². The van der Waals surface area contributed by atoms with E-state index in [0.29, 0.717) is 25.0 Å². The normalized spacial score (nSPS) is 17.2. The molecule has 346 valence electrons. The minimum Gasteiger partial charge on any atom is -0.480 e. The molecule has 1 aliphatic heterocycles. The summed E-state index contributed by atoms with van der Waals surface area (Å²) < 4.78 is 38.6. The summed E-state index contributed by atoms with van der Waals surface area (Å²) in [5.41, 5.74) is 5.34. The van der Waals surface area contributed by atoms with Crippen LogP contribution in [0.2, 0.25) is 0 Å². The van der Waals surface area contributed by atoms with Crippen LogP contribution in [0, 0.1) is 0 Å². The first-order valence-corrected chi connectivity index (χ1v) is 25.3. The molecule has 1 aliphatic rings. The number of phosphoric ester groups is 1. The lowest BCUT2D eigenvalue weighted by molar-refractivity contribution is -0.161. The maximum Gasteiger partial charge on any atom is 0.472 e. The molecule has 0 amide bonds. The molecule has 0 saturated carbocycles. The first kappa shape index (κ1) is 55.2. The number of allylic oxidation sites excluding steroid dienone is 1. The first-order chi connectivity index (χ1) is 28.6. The number of esters is 2. The number of carbonyl (C=O) groups is 3. The van der Waals surface area contributed by atoms with E-state index in [-0.39, 0.29) is 19.4 Å². The Morgan fingerprint density at radius 3 is 1.59 bits per heavy atom. The van der Waals surface area contributed by atoms with Crippen LogP contribution in [0.1, 0.15) is 219 Å². The second-order valence-electron chi connectivity index (χ2n) is 16.6. The molecule has 1 heterocycles. The Morgan fingerprint density at radius 2 is 1.07 bits per heavy atom. The number of hydrogen-bond acceptors (Lipinski definition) is 10. The van der Waals surface area contributed by atoms with Crippen molar-refractivity contribution in [1.29, 1.82) is 0 Å². The molecule has 0 aromatic rings. The smallest absolute Gasteiger partial charge is 0.472 e. The Hall–Kier alpha value is -1.82. The van der Waals surface area contributed by atoms with Crippen molar-refractivity contribution in [2.45, 2.75) is 244 Å². The molecule has 1 fully saturated rings. The van der Waals surface area contributed by atoms with E-state index >= 15 is 0 Å². The van der Waals surface area contributed by atoms with Gasteiger partial charge in [0, 0.05) is 12.8 Å². The molecular weight excluding hydrogens is 773 g/mol. The standard InChI is InChI=1S/C46H86NO11P/c1-3-5-7-9-11-12-13-14-15-16-17-18-19-20-21-22-23-27-32-36-45(49)57-40(38-55-59(52,53)56-39-41(47)46(50)51)37-54-44(48)35-31-28-24-26-30-34-43-42(58-43)33-29-25-10-8-6-4-2/h25,29,40-43H,3-24,26-28,30-39,47H2,1-2H3,(H,50,51)(H,52,53)/b29-25-/t40-,41+,42?,43?/m1/s1. The molecule has 0 radical (unpaired) electrons. The lowest BCUT2D eigenvalue weighted by Gasteiger charge is -2.20. The van der Waals surface area contributed by atoms with Gasteiger partial charge >= 0.3 is 25.7 Å². The summed E-state index contributed by atoms with van der Waals surface area (Å²) in [6, 6.07) is -1.52. The molecule has 0 aliphatic carbocycles. The largest absolute Gasteiger partial charge is 0.480 e. The van der Waals surface area contributed by atoms with Crippen LogP contribution in [0.5, 0.6) is 0 Å². The number of hydrogen-bond donors (Lipinski definition) is 3. The number of aliphatic carboxylic acids is 1. The zero-order valence-corrected chi connectivity index (χ0v) is 38.2. The van der Waals surface area contributed by atoms with E-state index in [1.54, 1.807) is 0 Å². The van der Waals surface area contributed by atoms with Crippen LogP contribution in [0.25, 0.3) is 0 Å². The fraction of sp³-hybridized carbons (Fsp3) is 0.891. The molecule has 0 bridgehead atoms. The highest BCUT2D eigenvalue weighted by atomic mass is 31.2.